The normalized spacial score (nSPS) is 7.90. The van der Waals surface area contributed by atoms with Crippen molar-refractivity contribution in [3.8, 4) is 0 Å². The van der Waals surface area contributed by atoms with Crippen molar-refractivity contribution in [1.29, 1.82) is 0 Å². The van der Waals surface area contributed by atoms with Gasteiger partial charge in [0.2, 0.25) is 0 Å². The first-order valence-electron chi connectivity index (χ1n) is 7.89. The molecule has 0 N–H and O–H groups in total. The minimum Gasteiger partial charge on any atom is -0.375 e. The monoisotopic (exact) mass is 280 g/mol. The Hall–Kier alpha value is -1.31. The van der Waals surface area contributed by atoms with Gasteiger partial charge in [-0.3, -0.25) is 4.99 Å². The first-order valence-corrected chi connectivity index (χ1v) is 7.89. The molecule has 0 aliphatic rings. The molecule has 118 valence electrons. The van der Waals surface area contributed by atoms with E-state index in [1.54, 1.807) is 0 Å². The van der Waals surface area contributed by atoms with Gasteiger partial charge in [-0.05, 0) is 50.7 Å². The van der Waals surface area contributed by atoms with E-state index < -0.39 is 0 Å². The molecule has 0 spiro atoms. The second-order valence-corrected chi connectivity index (χ2v) is 3.60. The molecule has 0 aliphatic carbocycles. The van der Waals surface area contributed by atoms with Crippen LogP contribution in [0.25, 0.3) is 0 Å². The van der Waals surface area contributed by atoms with Gasteiger partial charge in [0.25, 0.3) is 0 Å². The molecule has 1 rings (SSSR count). The summed E-state index contributed by atoms with van der Waals surface area (Å²) in [5.74, 6) is 0. The molecule has 1 aromatic carbocycles. The minimum atomic E-state index is 0.982. The highest BCUT2D eigenvalue weighted by molar-refractivity contribution is 5.63. The van der Waals surface area contributed by atoms with Crippen molar-refractivity contribution in [3.63, 3.8) is 0 Å². The van der Waals surface area contributed by atoms with Gasteiger partial charge in [-0.2, -0.15) is 0 Å². The van der Waals surface area contributed by atoms with Gasteiger partial charge in [0.15, 0.2) is 0 Å². The molecular formula is C18H36N2. The van der Waals surface area contributed by atoms with E-state index in [4.69, 9.17) is 0 Å². The Morgan fingerprint density at radius 1 is 0.950 bits per heavy atom. The van der Waals surface area contributed by atoms with Crippen LogP contribution in [-0.4, -0.2) is 20.3 Å². The van der Waals surface area contributed by atoms with Crippen LogP contribution in [0.15, 0.2) is 17.1 Å². The Morgan fingerprint density at radius 3 is 1.75 bits per heavy atom. The Morgan fingerprint density at radius 2 is 1.40 bits per heavy atom. The maximum atomic E-state index is 3.99. The van der Waals surface area contributed by atoms with Gasteiger partial charge in [-0.15, -0.1) is 0 Å². The summed E-state index contributed by atoms with van der Waals surface area (Å²) in [6.07, 6.45) is 0. The van der Waals surface area contributed by atoms with E-state index in [1.807, 2.05) is 41.5 Å². The third-order valence-corrected chi connectivity index (χ3v) is 2.57. The van der Waals surface area contributed by atoms with Gasteiger partial charge in [0, 0.05) is 19.3 Å². The van der Waals surface area contributed by atoms with E-state index in [9.17, 15) is 0 Å². The van der Waals surface area contributed by atoms with Crippen molar-refractivity contribution >= 4 is 18.1 Å². The van der Waals surface area contributed by atoms with Crippen molar-refractivity contribution < 1.29 is 0 Å². The number of aliphatic imine (C=N–C) groups is 1. The number of rotatable bonds is 3. The third-order valence-electron chi connectivity index (χ3n) is 2.57. The second-order valence-electron chi connectivity index (χ2n) is 3.60. The quantitative estimate of drug-likeness (QED) is 0.604. The summed E-state index contributed by atoms with van der Waals surface area (Å²) in [5, 5.41) is 0. The van der Waals surface area contributed by atoms with Crippen LogP contribution < -0.4 is 4.90 Å². The Balaban J connectivity index is -0.000000425. The van der Waals surface area contributed by atoms with Crippen molar-refractivity contribution in [2.75, 3.05) is 18.5 Å². The van der Waals surface area contributed by atoms with Crippen molar-refractivity contribution in [2.24, 2.45) is 4.99 Å². The lowest BCUT2D eigenvalue weighted by atomic mass is 10.1. The first kappa shape index (κ1) is 23.8. The molecule has 0 heterocycles. The van der Waals surface area contributed by atoms with Gasteiger partial charge in [-0.25, -0.2) is 0 Å². The number of benzene rings is 1. The van der Waals surface area contributed by atoms with E-state index in [0.717, 1.165) is 12.2 Å². The van der Waals surface area contributed by atoms with Crippen LogP contribution in [0.3, 0.4) is 0 Å². The summed E-state index contributed by atoms with van der Waals surface area (Å²) in [6, 6.07) is 4.26. The standard InChI is InChI=1S/C12H18N2.3C2H6/c1-6-14(5)12-8-9(2)11(13-4)7-10(12)3;3*1-2/h7-8H,4,6H2,1-3,5H3;3*1-2H3. The number of aryl methyl sites for hydroxylation is 2. The molecular weight excluding hydrogens is 244 g/mol. The molecule has 0 atom stereocenters. The third kappa shape index (κ3) is 7.98. The molecule has 0 radical (unpaired) electrons. The van der Waals surface area contributed by atoms with E-state index in [2.05, 4.69) is 56.6 Å². The van der Waals surface area contributed by atoms with Crippen LogP contribution in [0, 0.1) is 13.8 Å². The van der Waals surface area contributed by atoms with Crippen molar-refractivity contribution in [1.82, 2.24) is 0 Å². The molecule has 0 fully saturated rings. The number of hydrogen-bond acceptors (Lipinski definition) is 2. The Bertz CT molecular complexity index is 344. The summed E-state index contributed by atoms with van der Waals surface area (Å²) in [7, 11) is 2.10. The van der Waals surface area contributed by atoms with Gasteiger partial charge in [-0.1, -0.05) is 41.5 Å². The molecule has 0 saturated carbocycles. The molecule has 1 aromatic rings. The predicted octanol–water partition coefficient (Wildman–Crippen LogP) is 6.17. The van der Waals surface area contributed by atoms with Crippen molar-refractivity contribution in [2.45, 2.75) is 62.3 Å². The molecule has 0 aliphatic heterocycles. The number of nitrogens with zero attached hydrogens (tertiary/aromatic N) is 2. The molecule has 20 heavy (non-hydrogen) atoms. The zero-order chi connectivity index (χ0) is 16.7. The van der Waals surface area contributed by atoms with Crippen LogP contribution in [0.4, 0.5) is 11.4 Å². The number of hydrogen-bond donors (Lipinski definition) is 0. The van der Waals surface area contributed by atoms with E-state index in [1.165, 1.54) is 16.8 Å². The van der Waals surface area contributed by atoms with Gasteiger partial charge in [0.1, 0.15) is 0 Å². The van der Waals surface area contributed by atoms with Crippen LogP contribution >= 0.6 is 0 Å². The molecule has 0 unspecified atom stereocenters. The fraction of sp³-hybridized carbons (Fsp3) is 0.611. The molecule has 0 aromatic heterocycles. The average molecular weight is 280 g/mol. The van der Waals surface area contributed by atoms with E-state index in [0.29, 0.717) is 0 Å². The van der Waals surface area contributed by atoms with Gasteiger partial charge < -0.3 is 4.90 Å². The topological polar surface area (TPSA) is 15.6 Å². The van der Waals surface area contributed by atoms with Crippen LogP contribution in [-0.2, 0) is 0 Å². The fourth-order valence-electron chi connectivity index (χ4n) is 1.54. The summed E-state index contributed by atoms with van der Waals surface area (Å²) in [6.45, 7) is 22.9. The predicted molar refractivity (Wildman–Crippen MR) is 98.1 cm³/mol. The highest BCUT2D eigenvalue weighted by atomic mass is 15.1. The second kappa shape index (κ2) is 15.7. The highest BCUT2D eigenvalue weighted by Crippen LogP contribution is 2.27. The average Bonchev–Trinajstić information content (AvgIpc) is 2.54. The lowest BCUT2D eigenvalue weighted by molar-refractivity contribution is 0.959. The van der Waals surface area contributed by atoms with Crippen LogP contribution in [0.5, 0.6) is 0 Å². The Kier molecular flexibility index (Phi) is 18.7. The highest BCUT2D eigenvalue weighted by Gasteiger charge is 2.05. The minimum absolute atomic E-state index is 0.982. The summed E-state index contributed by atoms with van der Waals surface area (Å²) in [4.78, 5) is 6.22. The number of anilines is 1. The maximum absolute atomic E-state index is 3.99. The van der Waals surface area contributed by atoms with E-state index >= 15 is 0 Å². The fourth-order valence-corrected chi connectivity index (χ4v) is 1.54. The lowest BCUT2D eigenvalue weighted by Gasteiger charge is -2.20. The zero-order valence-corrected chi connectivity index (χ0v) is 15.5. The smallest absolute Gasteiger partial charge is 0.0655 e. The summed E-state index contributed by atoms with van der Waals surface area (Å²) >= 11 is 0. The summed E-state index contributed by atoms with van der Waals surface area (Å²) in [5.41, 5.74) is 4.69. The zero-order valence-electron chi connectivity index (χ0n) is 15.5. The Labute approximate surface area is 127 Å². The molecule has 2 heteroatoms. The van der Waals surface area contributed by atoms with E-state index in [-0.39, 0.29) is 0 Å². The molecule has 0 bridgehead atoms. The summed E-state index contributed by atoms with van der Waals surface area (Å²) < 4.78 is 0. The van der Waals surface area contributed by atoms with Gasteiger partial charge in [0.05, 0.1) is 5.69 Å². The maximum Gasteiger partial charge on any atom is 0.0655 e. The van der Waals surface area contributed by atoms with Crippen LogP contribution in [0.1, 0.15) is 59.6 Å². The first-order chi connectivity index (χ1) is 9.60. The largest absolute Gasteiger partial charge is 0.375 e. The molecule has 0 amide bonds. The lowest BCUT2D eigenvalue weighted by Crippen LogP contribution is -2.16. The molecule has 0 saturated heterocycles. The SMILES string of the molecule is C=Nc1cc(C)c(N(C)CC)cc1C.CC.CC.CC. The van der Waals surface area contributed by atoms with Gasteiger partial charge >= 0.3 is 0 Å². The molecule has 2 nitrogen and oxygen atoms in total. The van der Waals surface area contributed by atoms with Crippen LogP contribution in [0.2, 0.25) is 0 Å². The van der Waals surface area contributed by atoms with Crippen molar-refractivity contribution in [3.05, 3.63) is 23.3 Å².